The van der Waals surface area contributed by atoms with Gasteiger partial charge in [-0.3, -0.25) is 4.79 Å². The van der Waals surface area contributed by atoms with Crippen molar-refractivity contribution in [3.63, 3.8) is 0 Å². The number of thiocarbonyl (C=S) groups is 1. The minimum atomic E-state index is -0.286. The maximum Gasteiger partial charge on any atom is 0.281 e. The first-order chi connectivity index (χ1) is 16.4. The zero-order chi connectivity index (χ0) is 24.2. The van der Waals surface area contributed by atoms with Crippen molar-refractivity contribution in [2.24, 2.45) is 0 Å². The molecule has 3 aromatic rings. The van der Waals surface area contributed by atoms with Gasteiger partial charge in [0.1, 0.15) is 23.8 Å². The van der Waals surface area contributed by atoms with Gasteiger partial charge in [-0.05, 0) is 60.3 Å². The summed E-state index contributed by atoms with van der Waals surface area (Å²) in [7, 11) is 3.12. The third-order valence-electron chi connectivity index (χ3n) is 5.11. The molecule has 0 unspecified atom stereocenters. The van der Waals surface area contributed by atoms with Gasteiger partial charge in [0, 0.05) is 5.56 Å². The summed E-state index contributed by atoms with van der Waals surface area (Å²) in [4.78, 5) is 14.6. The molecule has 0 radical (unpaired) electrons. The number of hydrogen-bond acceptors (Lipinski definition) is 5. The summed E-state index contributed by atoms with van der Waals surface area (Å²) in [6.07, 6.45) is 1.72. The number of anilines is 1. The fourth-order valence-corrected chi connectivity index (χ4v) is 4.30. The van der Waals surface area contributed by atoms with Crippen LogP contribution in [-0.4, -0.2) is 25.2 Å². The molecule has 1 N–H and O–H groups in total. The van der Waals surface area contributed by atoms with Crippen LogP contribution in [0.4, 0.5) is 5.69 Å². The van der Waals surface area contributed by atoms with E-state index in [9.17, 15) is 4.79 Å². The normalized spacial score (nSPS) is 14.4. The van der Waals surface area contributed by atoms with Gasteiger partial charge in [-0.15, -0.1) is 0 Å². The van der Waals surface area contributed by atoms with Gasteiger partial charge >= 0.3 is 0 Å². The molecule has 174 valence electrons. The first kappa shape index (κ1) is 23.9. The van der Waals surface area contributed by atoms with E-state index in [1.54, 1.807) is 56.7 Å². The molecular formula is C25H20Cl2N2O4S. The Morgan fingerprint density at radius 1 is 0.971 bits per heavy atom. The molecule has 34 heavy (non-hydrogen) atoms. The van der Waals surface area contributed by atoms with Crippen LogP contribution in [0.15, 0.2) is 66.4 Å². The van der Waals surface area contributed by atoms with E-state index < -0.39 is 0 Å². The summed E-state index contributed by atoms with van der Waals surface area (Å²) in [5.41, 5.74) is 2.41. The second kappa shape index (κ2) is 10.3. The molecule has 4 rings (SSSR count). The predicted molar refractivity (Wildman–Crippen MR) is 138 cm³/mol. The van der Waals surface area contributed by atoms with E-state index in [0.29, 0.717) is 38.7 Å². The van der Waals surface area contributed by atoms with Crippen LogP contribution in [0.1, 0.15) is 11.1 Å². The molecule has 0 bridgehead atoms. The highest BCUT2D eigenvalue weighted by Gasteiger charge is 2.33. The van der Waals surface area contributed by atoms with E-state index in [1.807, 2.05) is 24.3 Å². The number of nitrogens with zero attached hydrogens (tertiary/aromatic N) is 1. The van der Waals surface area contributed by atoms with Crippen molar-refractivity contribution in [2.45, 2.75) is 6.61 Å². The predicted octanol–water partition coefficient (Wildman–Crippen LogP) is 5.85. The van der Waals surface area contributed by atoms with Crippen LogP contribution in [0.5, 0.6) is 17.2 Å². The summed E-state index contributed by atoms with van der Waals surface area (Å²) in [5.74, 6) is 1.28. The lowest BCUT2D eigenvalue weighted by Gasteiger charge is -2.17. The monoisotopic (exact) mass is 514 g/mol. The number of halogens is 2. The Labute approximate surface area is 212 Å². The molecular weight excluding hydrogens is 495 g/mol. The number of nitrogens with one attached hydrogen (secondary N) is 1. The van der Waals surface area contributed by atoms with Crippen LogP contribution in [0.3, 0.4) is 0 Å². The van der Waals surface area contributed by atoms with Gasteiger partial charge in [0.25, 0.3) is 5.91 Å². The van der Waals surface area contributed by atoms with Gasteiger partial charge in [-0.25, -0.2) is 4.90 Å². The van der Waals surface area contributed by atoms with Crippen molar-refractivity contribution in [3.05, 3.63) is 87.5 Å². The average Bonchev–Trinajstić information content (AvgIpc) is 3.11. The zero-order valence-corrected chi connectivity index (χ0v) is 20.6. The Kier molecular flexibility index (Phi) is 7.26. The van der Waals surface area contributed by atoms with Gasteiger partial charge in [0.2, 0.25) is 0 Å². The number of rotatable bonds is 7. The Morgan fingerprint density at radius 2 is 1.68 bits per heavy atom. The van der Waals surface area contributed by atoms with Crippen molar-refractivity contribution in [3.8, 4) is 17.2 Å². The van der Waals surface area contributed by atoms with Crippen molar-refractivity contribution in [2.75, 3.05) is 19.1 Å². The van der Waals surface area contributed by atoms with E-state index in [4.69, 9.17) is 49.6 Å². The van der Waals surface area contributed by atoms with E-state index in [0.717, 1.165) is 11.1 Å². The highest BCUT2D eigenvalue weighted by molar-refractivity contribution is 7.80. The van der Waals surface area contributed by atoms with Crippen LogP contribution in [-0.2, 0) is 11.4 Å². The molecule has 0 aliphatic carbocycles. The number of amides is 1. The molecule has 1 saturated heterocycles. The number of carbonyl (C=O) groups excluding carboxylic acids is 1. The molecule has 0 atom stereocenters. The number of ether oxygens (including phenoxy) is 3. The lowest BCUT2D eigenvalue weighted by molar-refractivity contribution is -0.113. The Morgan fingerprint density at radius 3 is 2.38 bits per heavy atom. The summed E-state index contributed by atoms with van der Waals surface area (Å²) < 4.78 is 16.7. The average molecular weight is 515 g/mol. The quantitative estimate of drug-likeness (QED) is 0.315. The van der Waals surface area contributed by atoms with Crippen LogP contribution >= 0.6 is 35.4 Å². The van der Waals surface area contributed by atoms with Crippen LogP contribution in [0.2, 0.25) is 10.0 Å². The second-order valence-electron chi connectivity index (χ2n) is 7.21. The Balaban J connectivity index is 1.61. The van der Waals surface area contributed by atoms with E-state index in [2.05, 4.69) is 5.32 Å². The molecule has 0 aromatic heterocycles. The van der Waals surface area contributed by atoms with Gasteiger partial charge in [-0.2, -0.15) is 0 Å². The number of methoxy groups -OCH3 is 2. The minimum Gasteiger partial charge on any atom is -0.496 e. The maximum absolute atomic E-state index is 13.2. The Bertz CT molecular complexity index is 1280. The number of para-hydroxylation sites is 3. The third-order valence-corrected chi connectivity index (χ3v) is 5.99. The molecule has 1 amide bonds. The second-order valence-corrected chi connectivity index (χ2v) is 8.41. The van der Waals surface area contributed by atoms with Gasteiger partial charge in [-0.1, -0.05) is 47.5 Å². The number of hydrogen-bond donors (Lipinski definition) is 1. The third kappa shape index (κ3) is 4.82. The largest absolute Gasteiger partial charge is 0.496 e. The van der Waals surface area contributed by atoms with Crippen molar-refractivity contribution < 1.29 is 19.0 Å². The fourth-order valence-electron chi connectivity index (χ4n) is 3.51. The maximum atomic E-state index is 13.2. The lowest BCUT2D eigenvalue weighted by atomic mass is 10.1. The molecule has 1 fully saturated rings. The van der Waals surface area contributed by atoms with E-state index >= 15 is 0 Å². The molecule has 6 nitrogen and oxygen atoms in total. The Hall–Kier alpha value is -3.26. The van der Waals surface area contributed by atoms with Gasteiger partial charge < -0.3 is 19.5 Å². The van der Waals surface area contributed by atoms with Crippen LogP contribution in [0, 0.1) is 0 Å². The molecule has 1 aliphatic heterocycles. The number of carbonyl (C=O) groups is 1. The van der Waals surface area contributed by atoms with Crippen LogP contribution in [0.25, 0.3) is 6.08 Å². The van der Waals surface area contributed by atoms with E-state index in [-0.39, 0.29) is 17.6 Å². The molecule has 1 heterocycles. The molecule has 0 spiro atoms. The van der Waals surface area contributed by atoms with Gasteiger partial charge in [0.05, 0.1) is 30.0 Å². The van der Waals surface area contributed by atoms with Gasteiger partial charge in [0.15, 0.2) is 10.9 Å². The van der Waals surface area contributed by atoms with E-state index in [1.165, 1.54) is 4.90 Å². The minimum absolute atomic E-state index is 0.163. The SMILES string of the molecule is COc1ccc(/C=C2/NC(=S)N(c3ccccc3OC)C2=O)cc1COc1c(Cl)cccc1Cl. The summed E-state index contributed by atoms with van der Waals surface area (Å²) in [5, 5.41) is 4.08. The topological polar surface area (TPSA) is 60.0 Å². The molecule has 9 heteroatoms. The lowest BCUT2D eigenvalue weighted by Crippen LogP contribution is -2.30. The van der Waals surface area contributed by atoms with Crippen LogP contribution < -0.4 is 24.4 Å². The standard InChI is InChI=1S/C25H20Cl2N2O4S/c1-31-21-11-10-15(12-16(21)14-33-23-17(26)6-5-7-18(23)27)13-19-24(30)29(25(34)28-19)20-8-3-4-9-22(20)32-2/h3-13H,14H2,1-2H3,(H,28,34)/b19-13+. The summed E-state index contributed by atoms with van der Waals surface area (Å²) in [6.45, 7) is 0.163. The van der Waals surface area contributed by atoms with Crippen molar-refractivity contribution in [1.29, 1.82) is 0 Å². The molecule has 0 saturated carbocycles. The molecule has 3 aromatic carbocycles. The first-order valence-corrected chi connectivity index (χ1v) is 11.3. The molecule has 1 aliphatic rings. The highest BCUT2D eigenvalue weighted by atomic mass is 35.5. The zero-order valence-electron chi connectivity index (χ0n) is 18.3. The summed E-state index contributed by atoms with van der Waals surface area (Å²) in [6, 6.07) is 17.8. The number of benzene rings is 3. The first-order valence-electron chi connectivity index (χ1n) is 10.2. The fraction of sp³-hybridized carbons (Fsp3) is 0.120. The summed E-state index contributed by atoms with van der Waals surface area (Å²) >= 11 is 17.8. The smallest absolute Gasteiger partial charge is 0.281 e. The van der Waals surface area contributed by atoms with Crippen molar-refractivity contribution >= 4 is 58.2 Å². The van der Waals surface area contributed by atoms with Crippen molar-refractivity contribution in [1.82, 2.24) is 5.32 Å². The highest BCUT2D eigenvalue weighted by Crippen LogP contribution is 2.34.